The van der Waals surface area contributed by atoms with Crippen LogP contribution in [0.3, 0.4) is 0 Å². The smallest absolute Gasteiger partial charge is 0.303 e. The summed E-state index contributed by atoms with van der Waals surface area (Å²) in [7, 11) is 0. The highest BCUT2D eigenvalue weighted by Gasteiger charge is 2.69. The summed E-state index contributed by atoms with van der Waals surface area (Å²) in [5.41, 5.74) is -0.549. The molecule has 2 bridgehead atoms. The van der Waals surface area contributed by atoms with Gasteiger partial charge in [-0.1, -0.05) is 13.8 Å². The van der Waals surface area contributed by atoms with Gasteiger partial charge in [0, 0.05) is 18.3 Å². The van der Waals surface area contributed by atoms with Gasteiger partial charge < -0.3 is 24.8 Å². The maximum Gasteiger partial charge on any atom is 0.303 e. The van der Waals surface area contributed by atoms with Crippen LogP contribution in [0.4, 0.5) is 0 Å². The summed E-state index contributed by atoms with van der Waals surface area (Å²) < 4.78 is 11.9. The van der Waals surface area contributed by atoms with Crippen molar-refractivity contribution in [2.45, 2.75) is 83.3 Å². The highest BCUT2D eigenvalue weighted by atomic mass is 17.3. The number of aliphatic carboxylic acids is 2. The molecule has 9 nitrogen and oxygen atoms in total. The van der Waals surface area contributed by atoms with E-state index in [9.17, 15) is 14.7 Å². The Morgan fingerprint density at radius 1 is 1.00 bits per heavy atom. The van der Waals surface area contributed by atoms with E-state index in [1.807, 2.05) is 13.8 Å². The van der Waals surface area contributed by atoms with Crippen molar-refractivity contribution >= 4 is 11.9 Å². The van der Waals surface area contributed by atoms with Crippen LogP contribution in [0, 0.1) is 23.7 Å². The Kier molecular flexibility index (Phi) is 6.03. The first-order valence-corrected chi connectivity index (χ1v) is 9.91. The number of aliphatic hydroxyl groups is 1. The number of carbonyl (C=O) groups is 2. The summed E-state index contributed by atoms with van der Waals surface area (Å²) in [6.45, 7) is 6.22. The van der Waals surface area contributed by atoms with Crippen molar-refractivity contribution in [1.29, 1.82) is 0 Å². The molecular formula is C19H30O9. The molecule has 0 aromatic carbocycles. The van der Waals surface area contributed by atoms with E-state index < -0.39 is 35.9 Å². The third kappa shape index (κ3) is 3.78. The lowest BCUT2D eigenvalue weighted by Crippen LogP contribution is -2.70. The summed E-state index contributed by atoms with van der Waals surface area (Å²) in [5.74, 6) is -1.72. The van der Waals surface area contributed by atoms with E-state index in [-0.39, 0.29) is 24.7 Å². The molecule has 1 saturated carbocycles. The van der Waals surface area contributed by atoms with Gasteiger partial charge in [-0.25, -0.2) is 9.78 Å². The van der Waals surface area contributed by atoms with Crippen molar-refractivity contribution in [2.24, 2.45) is 23.7 Å². The lowest BCUT2D eigenvalue weighted by molar-refractivity contribution is -0.576. The van der Waals surface area contributed by atoms with E-state index >= 15 is 0 Å². The van der Waals surface area contributed by atoms with E-state index in [0.717, 1.165) is 19.3 Å². The van der Waals surface area contributed by atoms with Crippen LogP contribution in [0.5, 0.6) is 0 Å². The third-order valence-electron chi connectivity index (χ3n) is 6.68. The molecule has 4 heterocycles. The normalized spacial score (nSPS) is 46.6. The number of rotatable bonds is 3. The van der Waals surface area contributed by atoms with Crippen molar-refractivity contribution in [3.8, 4) is 0 Å². The van der Waals surface area contributed by atoms with Gasteiger partial charge in [-0.05, 0) is 38.0 Å². The van der Waals surface area contributed by atoms with Crippen LogP contribution in [0.1, 0.15) is 59.3 Å². The molecule has 0 amide bonds. The number of ether oxygens (including phenoxy) is 2. The quantitative estimate of drug-likeness (QED) is 0.607. The summed E-state index contributed by atoms with van der Waals surface area (Å²) in [6.07, 6.45) is 2.13. The lowest BCUT2D eigenvalue weighted by Gasteiger charge is -2.59. The highest BCUT2D eigenvalue weighted by molar-refractivity contribution is 5.75. The van der Waals surface area contributed by atoms with E-state index in [1.165, 1.54) is 6.42 Å². The molecule has 5 aliphatic rings. The molecule has 28 heavy (non-hydrogen) atoms. The van der Waals surface area contributed by atoms with Crippen LogP contribution in [0.25, 0.3) is 0 Å². The second-order valence-corrected chi connectivity index (χ2v) is 8.58. The Balaban J connectivity index is 0.000000242. The van der Waals surface area contributed by atoms with E-state index in [0.29, 0.717) is 11.8 Å². The van der Waals surface area contributed by atoms with Crippen molar-refractivity contribution in [2.75, 3.05) is 0 Å². The molecular weight excluding hydrogens is 372 g/mol. The minimum absolute atomic E-state index is 0.0379. The molecule has 160 valence electrons. The van der Waals surface area contributed by atoms with E-state index in [2.05, 4.69) is 6.92 Å². The number of fused-ring (bicyclic) bond motifs is 2. The van der Waals surface area contributed by atoms with Gasteiger partial charge in [-0.3, -0.25) is 9.59 Å². The van der Waals surface area contributed by atoms with Crippen LogP contribution >= 0.6 is 0 Å². The second-order valence-electron chi connectivity index (χ2n) is 8.58. The maximum absolute atomic E-state index is 10.2. The van der Waals surface area contributed by atoms with E-state index in [4.69, 9.17) is 29.5 Å². The Morgan fingerprint density at radius 3 is 2.25 bits per heavy atom. The zero-order chi connectivity index (χ0) is 20.7. The molecule has 4 aliphatic heterocycles. The molecule has 8 atom stereocenters. The van der Waals surface area contributed by atoms with Gasteiger partial charge in [0.05, 0.1) is 12.8 Å². The molecule has 1 aliphatic carbocycles. The lowest BCUT2D eigenvalue weighted by atomic mass is 9.58. The molecule has 0 radical (unpaired) electrons. The van der Waals surface area contributed by atoms with Gasteiger partial charge in [0.25, 0.3) is 0 Å². The molecule has 0 aromatic rings. The molecule has 9 heteroatoms. The van der Waals surface area contributed by atoms with Gasteiger partial charge in [0.2, 0.25) is 5.79 Å². The van der Waals surface area contributed by atoms with Gasteiger partial charge in [0.1, 0.15) is 0 Å². The summed E-state index contributed by atoms with van der Waals surface area (Å²) in [6, 6.07) is 0. The van der Waals surface area contributed by atoms with Gasteiger partial charge in [-0.15, -0.1) is 0 Å². The Labute approximate surface area is 163 Å². The maximum atomic E-state index is 10.2. The standard InChI is InChI=1S/C15H24O5.C4H6O4/c1-8-4-5-11-9(2)12(16)17-13-15(11)10(8)6-7-14(3,18-13)19-20-15;5-3(6)1-2-4(7)8/h8-13,16H,4-7H2,1-3H3;1-2H2,(H,5,6)(H,7,8)/t8-,9-,10+,11+,12+,13-,14-,15-;/m1./s1. The highest BCUT2D eigenvalue weighted by Crippen LogP contribution is 2.60. The second kappa shape index (κ2) is 7.87. The fourth-order valence-electron chi connectivity index (χ4n) is 5.10. The number of carboxylic acids is 2. The zero-order valence-electron chi connectivity index (χ0n) is 16.5. The van der Waals surface area contributed by atoms with Gasteiger partial charge >= 0.3 is 11.9 Å². The number of hydrogen-bond acceptors (Lipinski definition) is 7. The topological polar surface area (TPSA) is 132 Å². The first-order chi connectivity index (χ1) is 13.1. The van der Waals surface area contributed by atoms with Crippen molar-refractivity contribution in [3.05, 3.63) is 0 Å². The number of carboxylic acid groups (broad SMARTS) is 2. The Morgan fingerprint density at radius 2 is 1.64 bits per heavy atom. The number of aliphatic hydroxyl groups excluding tert-OH is 1. The molecule has 5 rings (SSSR count). The predicted octanol–water partition coefficient (Wildman–Crippen LogP) is 2.12. The Bertz CT molecular complexity index is 592. The Hall–Kier alpha value is -1.26. The van der Waals surface area contributed by atoms with Gasteiger partial charge in [-0.2, -0.15) is 0 Å². The molecule has 5 fully saturated rings. The first kappa shape index (κ1) is 21.4. The molecule has 0 unspecified atom stereocenters. The molecule has 0 aromatic heterocycles. The van der Waals surface area contributed by atoms with Crippen LogP contribution in [0.2, 0.25) is 0 Å². The zero-order valence-corrected chi connectivity index (χ0v) is 16.5. The molecule has 1 spiro atoms. The SMILES string of the molecule is C[C@H]1[C@@H](O)O[C@@H]2O[C@@]3(C)CC[C@H]4[C@H](C)CC[C@@H]1[C@@]24OO3.O=C(O)CCC(=O)O. The predicted molar refractivity (Wildman–Crippen MR) is 93.6 cm³/mol. The fourth-order valence-corrected chi connectivity index (χ4v) is 5.10. The van der Waals surface area contributed by atoms with Gasteiger partial charge in [0.15, 0.2) is 18.2 Å². The van der Waals surface area contributed by atoms with Crippen molar-refractivity contribution < 1.29 is 44.2 Å². The minimum Gasteiger partial charge on any atom is -0.481 e. The van der Waals surface area contributed by atoms with E-state index in [1.54, 1.807) is 0 Å². The van der Waals surface area contributed by atoms with Crippen LogP contribution in [0.15, 0.2) is 0 Å². The fraction of sp³-hybridized carbons (Fsp3) is 0.895. The monoisotopic (exact) mass is 402 g/mol. The first-order valence-electron chi connectivity index (χ1n) is 9.91. The third-order valence-corrected chi connectivity index (χ3v) is 6.68. The van der Waals surface area contributed by atoms with Crippen molar-refractivity contribution in [3.63, 3.8) is 0 Å². The molecule has 4 saturated heterocycles. The van der Waals surface area contributed by atoms with Crippen molar-refractivity contribution in [1.82, 2.24) is 0 Å². The summed E-state index contributed by atoms with van der Waals surface area (Å²) in [4.78, 5) is 30.9. The van der Waals surface area contributed by atoms with Crippen LogP contribution in [-0.2, 0) is 28.8 Å². The summed E-state index contributed by atoms with van der Waals surface area (Å²) >= 11 is 0. The van der Waals surface area contributed by atoms with Crippen LogP contribution < -0.4 is 0 Å². The largest absolute Gasteiger partial charge is 0.481 e. The average molecular weight is 402 g/mol. The molecule has 3 N–H and O–H groups in total. The minimum atomic E-state index is -1.08. The average Bonchev–Trinajstić information content (AvgIpc) is 2.85. The summed E-state index contributed by atoms with van der Waals surface area (Å²) in [5, 5.41) is 26.0. The van der Waals surface area contributed by atoms with Crippen LogP contribution in [-0.4, -0.2) is 51.2 Å². The number of hydrogen-bond donors (Lipinski definition) is 3.